The molecule has 0 atom stereocenters. The van der Waals surface area contributed by atoms with E-state index in [0.717, 1.165) is 0 Å². The van der Waals surface area contributed by atoms with Gasteiger partial charge in [0.05, 0.1) is 17.3 Å². The highest BCUT2D eigenvalue weighted by molar-refractivity contribution is 9.10. The van der Waals surface area contributed by atoms with Crippen molar-refractivity contribution in [1.82, 2.24) is 9.97 Å². The first-order chi connectivity index (χ1) is 6.20. The van der Waals surface area contributed by atoms with Crippen molar-refractivity contribution in [1.29, 1.82) is 0 Å². The number of pyridine rings is 1. The van der Waals surface area contributed by atoms with Crippen molar-refractivity contribution in [3.8, 4) is 0 Å². The lowest BCUT2D eigenvalue weighted by Gasteiger charge is -1.94. The maximum absolute atomic E-state index is 10.8. The summed E-state index contributed by atoms with van der Waals surface area (Å²) in [5, 5.41) is 9.49. The van der Waals surface area contributed by atoms with Crippen LogP contribution in [0.1, 0.15) is 10.4 Å². The first-order valence-electron chi connectivity index (χ1n) is 3.54. The van der Waals surface area contributed by atoms with Gasteiger partial charge in [0.1, 0.15) is 0 Å². The first-order valence-corrected chi connectivity index (χ1v) is 4.33. The van der Waals surface area contributed by atoms with Crippen LogP contribution in [0, 0.1) is 0 Å². The van der Waals surface area contributed by atoms with E-state index in [-0.39, 0.29) is 5.56 Å². The summed E-state index contributed by atoms with van der Waals surface area (Å²) in [5.74, 6) is -0.946. The lowest BCUT2D eigenvalue weighted by atomic mass is 10.2. The number of fused-ring (bicyclic) bond motifs is 1. The van der Waals surface area contributed by atoms with Crippen LogP contribution in [0.2, 0.25) is 0 Å². The molecule has 0 amide bonds. The first kappa shape index (κ1) is 8.25. The molecule has 13 heavy (non-hydrogen) atoms. The number of nitrogens with zero attached hydrogens (tertiary/aromatic N) is 1. The van der Waals surface area contributed by atoms with Crippen molar-refractivity contribution in [2.24, 2.45) is 0 Å². The third-order valence-electron chi connectivity index (χ3n) is 1.77. The normalized spacial score (nSPS) is 10.5. The Bertz CT molecular complexity index is 478. The van der Waals surface area contributed by atoms with Gasteiger partial charge in [0, 0.05) is 22.3 Å². The van der Waals surface area contributed by atoms with Gasteiger partial charge in [0.15, 0.2) is 0 Å². The quantitative estimate of drug-likeness (QED) is 0.802. The molecule has 0 bridgehead atoms. The Morgan fingerprint density at radius 3 is 3.00 bits per heavy atom. The summed E-state index contributed by atoms with van der Waals surface area (Å²) in [5.41, 5.74) is 0.969. The molecule has 0 unspecified atom stereocenters. The molecule has 2 rings (SSSR count). The summed E-state index contributed by atoms with van der Waals surface area (Å²) in [6.07, 6.45) is 4.62. The minimum atomic E-state index is -0.946. The lowest BCUT2D eigenvalue weighted by Crippen LogP contribution is -1.94. The van der Waals surface area contributed by atoms with E-state index in [9.17, 15) is 4.79 Å². The fraction of sp³-hybridized carbons (Fsp3) is 0. The highest BCUT2D eigenvalue weighted by Gasteiger charge is 2.12. The Morgan fingerprint density at radius 2 is 2.31 bits per heavy atom. The molecule has 5 heteroatoms. The Morgan fingerprint density at radius 1 is 1.54 bits per heavy atom. The van der Waals surface area contributed by atoms with Gasteiger partial charge in [-0.25, -0.2) is 4.79 Å². The van der Waals surface area contributed by atoms with Gasteiger partial charge < -0.3 is 10.1 Å². The van der Waals surface area contributed by atoms with Crippen LogP contribution in [0.5, 0.6) is 0 Å². The number of hydrogen-bond acceptors (Lipinski definition) is 2. The fourth-order valence-electron chi connectivity index (χ4n) is 1.21. The molecular weight excluding hydrogens is 236 g/mol. The van der Waals surface area contributed by atoms with Gasteiger partial charge in [0.2, 0.25) is 0 Å². The molecule has 0 spiro atoms. The van der Waals surface area contributed by atoms with Crippen molar-refractivity contribution >= 4 is 32.8 Å². The number of carbonyl (C=O) groups is 1. The van der Waals surface area contributed by atoms with Gasteiger partial charge in [-0.1, -0.05) is 0 Å². The second kappa shape index (κ2) is 2.85. The predicted octanol–water partition coefficient (Wildman–Crippen LogP) is 2.02. The minimum Gasteiger partial charge on any atom is -0.478 e. The number of halogens is 1. The number of carboxylic acids is 1. The van der Waals surface area contributed by atoms with Crippen LogP contribution >= 0.6 is 15.9 Å². The van der Waals surface area contributed by atoms with Crippen LogP contribution in [-0.4, -0.2) is 21.0 Å². The topological polar surface area (TPSA) is 66.0 Å². The Balaban J connectivity index is 2.86. The summed E-state index contributed by atoms with van der Waals surface area (Å²) in [6.45, 7) is 0. The van der Waals surface area contributed by atoms with Crippen LogP contribution in [0.4, 0.5) is 0 Å². The Kier molecular flexibility index (Phi) is 1.81. The molecular formula is C8H5BrN2O2. The van der Waals surface area contributed by atoms with E-state index < -0.39 is 5.97 Å². The third-order valence-corrected chi connectivity index (χ3v) is 2.37. The van der Waals surface area contributed by atoms with Crippen LogP contribution < -0.4 is 0 Å². The number of hydrogen-bond donors (Lipinski definition) is 2. The number of nitrogens with one attached hydrogen (secondary N) is 1. The number of rotatable bonds is 1. The van der Waals surface area contributed by atoms with Crippen molar-refractivity contribution in [2.75, 3.05) is 0 Å². The molecule has 0 fully saturated rings. The Hall–Kier alpha value is -1.36. The van der Waals surface area contributed by atoms with Gasteiger partial charge >= 0.3 is 5.97 Å². The Labute approximate surface area is 81.7 Å². The molecule has 0 aromatic carbocycles. The van der Waals surface area contributed by atoms with Crippen LogP contribution in [0.25, 0.3) is 10.9 Å². The van der Waals surface area contributed by atoms with E-state index in [0.29, 0.717) is 15.4 Å². The highest BCUT2D eigenvalue weighted by atomic mass is 79.9. The predicted molar refractivity (Wildman–Crippen MR) is 50.8 cm³/mol. The molecule has 2 aromatic rings. The summed E-state index contributed by atoms with van der Waals surface area (Å²) >= 11 is 3.25. The number of aromatic nitrogens is 2. The van der Waals surface area contributed by atoms with Gasteiger partial charge in [-0.05, 0) is 15.9 Å². The van der Waals surface area contributed by atoms with E-state index in [1.54, 1.807) is 12.4 Å². The third kappa shape index (κ3) is 1.21. The van der Waals surface area contributed by atoms with Crippen molar-refractivity contribution in [3.63, 3.8) is 0 Å². The molecule has 0 aliphatic carbocycles. The fourth-order valence-corrected chi connectivity index (χ4v) is 1.75. The smallest absolute Gasteiger partial charge is 0.337 e. The number of aromatic carboxylic acids is 1. The average molecular weight is 241 g/mol. The maximum atomic E-state index is 10.8. The second-order valence-electron chi connectivity index (χ2n) is 2.55. The zero-order chi connectivity index (χ0) is 9.42. The molecule has 4 nitrogen and oxygen atoms in total. The monoisotopic (exact) mass is 240 g/mol. The molecule has 0 saturated heterocycles. The summed E-state index contributed by atoms with van der Waals surface area (Å²) < 4.78 is 0.684. The molecule has 0 saturated carbocycles. The number of aromatic amines is 1. The summed E-state index contributed by atoms with van der Waals surface area (Å²) in [4.78, 5) is 17.5. The standard InChI is InChI=1S/C8H5BrN2O2/c9-5-2-10-3-6-7(5)4(1-11-6)8(12)13/h1-3,11H,(H,12,13). The van der Waals surface area contributed by atoms with Gasteiger partial charge in [-0.3, -0.25) is 4.98 Å². The van der Waals surface area contributed by atoms with E-state index in [1.807, 2.05) is 0 Å². The van der Waals surface area contributed by atoms with E-state index in [1.165, 1.54) is 6.20 Å². The zero-order valence-electron chi connectivity index (χ0n) is 6.41. The van der Waals surface area contributed by atoms with Crippen molar-refractivity contribution < 1.29 is 9.90 Å². The number of H-pyrrole nitrogens is 1. The van der Waals surface area contributed by atoms with Gasteiger partial charge in [0.25, 0.3) is 0 Å². The van der Waals surface area contributed by atoms with Crippen LogP contribution in [0.15, 0.2) is 23.1 Å². The van der Waals surface area contributed by atoms with E-state index in [2.05, 4.69) is 25.9 Å². The van der Waals surface area contributed by atoms with Crippen LogP contribution in [-0.2, 0) is 0 Å². The highest BCUT2D eigenvalue weighted by Crippen LogP contribution is 2.25. The average Bonchev–Trinajstić information content (AvgIpc) is 2.49. The maximum Gasteiger partial charge on any atom is 0.337 e. The molecule has 0 aliphatic heterocycles. The molecule has 2 N–H and O–H groups in total. The van der Waals surface area contributed by atoms with Gasteiger partial charge in [-0.15, -0.1) is 0 Å². The second-order valence-corrected chi connectivity index (χ2v) is 3.41. The van der Waals surface area contributed by atoms with Crippen molar-refractivity contribution in [2.45, 2.75) is 0 Å². The lowest BCUT2D eigenvalue weighted by molar-refractivity contribution is 0.0699. The minimum absolute atomic E-state index is 0.254. The van der Waals surface area contributed by atoms with Gasteiger partial charge in [-0.2, -0.15) is 0 Å². The van der Waals surface area contributed by atoms with Crippen molar-refractivity contribution in [3.05, 3.63) is 28.6 Å². The largest absolute Gasteiger partial charge is 0.478 e. The van der Waals surface area contributed by atoms with Crippen LogP contribution in [0.3, 0.4) is 0 Å². The van der Waals surface area contributed by atoms with E-state index in [4.69, 9.17) is 5.11 Å². The molecule has 2 aromatic heterocycles. The summed E-state index contributed by atoms with van der Waals surface area (Å²) in [6, 6.07) is 0. The zero-order valence-corrected chi connectivity index (χ0v) is 8.00. The van der Waals surface area contributed by atoms with E-state index >= 15 is 0 Å². The molecule has 66 valence electrons. The summed E-state index contributed by atoms with van der Waals surface area (Å²) in [7, 11) is 0. The molecule has 2 heterocycles. The molecule has 0 radical (unpaired) electrons. The number of carboxylic acid groups (broad SMARTS) is 1. The SMILES string of the molecule is O=C(O)c1c[nH]c2cncc(Br)c12. The molecule has 0 aliphatic rings.